The molecule has 0 bridgehead atoms. The van der Waals surface area contributed by atoms with Gasteiger partial charge in [0.15, 0.2) is 0 Å². The lowest BCUT2D eigenvalue weighted by Gasteiger charge is -2.23. The van der Waals surface area contributed by atoms with Gasteiger partial charge < -0.3 is 14.5 Å². The van der Waals surface area contributed by atoms with Crippen LogP contribution in [0, 0.1) is 12.8 Å². The average molecular weight is 346 g/mol. The van der Waals surface area contributed by atoms with Crippen LogP contribution < -0.4 is 4.74 Å². The molecule has 0 atom stereocenters. The van der Waals surface area contributed by atoms with Crippen molar-refractivity contribution in [1.29, 1.82) is 0 Å². The normalized spacial score (nSPS) is 15.2. The predicted octanol–water partition coefficient (Wildman–Crippen LogP) is 3.11. The number of carbonyl (C=O) groups excluding carboxylic acids is 2. The van der Waals surface area contributed by atoms with Gasteiger partial charge in [0, 0.05) is 38.2 Å². The minimum absolute atomic E-state index is 0.0318. The zero-order valence-electron chi connectivity index (χ0n) is 15.9. The highest BCUT2D eigenvalue weighted by Gasteiger charge is 2.23. The molecule has 0 unspecified atom stereocenters. The van der Waals surface area contributed by atoms with Gasteiger partial charge in [-0.05, 0) is 49.9 Å². The molecule has 0 saturated carbocycles. The summed E-state index contributed by atoms with van der Waals surface area (Å²) in [6.45, 7) is 11.3. The highest BCUT2D eigenvalue weighted by molar-refractivity contribution is 5.94. The second-order valence-electron chi connectivity index (χ2n) is 7.04. The maximum absolute atomic E-state index is 12.8. The molecule has 5 nitrogen and oxygen atoms in total. The van der Waals surface area contributed by atoms with Crippen molar-refractivity contribution in [2.75, 3.05) is 32.8 Å². The fourth-order valence-corrected chi connectivity index (χ4v) is 3.13. The van der Waals surface area contributed by atoms with Crippen molar-refractivity contribution in [3.63, 3.8) is 0 Å². The van der Waals surface area contributed by atoms with Crippen LogP contribution in [0.3, 0.4) is 0 Å². The molecule has 0 N–H and O–H groups in total. The SMILES string of the molecule is CCOc1ccc(C(=O)N2CCCN(C(=O)CC(C)C)CC2)cc1C. The molecule has 0 aromatic heterocycles. The Bertz CT molecular complexity index is 613. The van der Waals surface area contributed by atoms with Crippen LogP contribution in [0.4, 0.5) is 0 Å². The van der Waals surface area contributed by atoms with E-state index in [1.165, 1.54) is 0 Å². The smallest absolute Gasteiger partial charge is 0.253 e. The minimum atomic E-state index is 0.0318. The van der Waals surface area contributed by atoms with Crippen LogP contribution in [0.2, 0.25) is 0 Å². The number of nitrogens with zero attached hydrogens (tertiary/aromatic N) is 2. The van der Waals surface area contributed by atoms with Gasteiger partial charge in [0.1, 0.15) is 5.75 Å². The lowest BCUT2D eigenvalue weighted by molar-refractivity contribution is -0.131. The van der Waals surface area contributed by atoms with Gasteiger partial charge in [-0.25, -0.2) is 0 Å². The van der Waals surface area contributed by atoms with E-state index in [4.69, 9.17) is 4.74 Å². The number of hydrogen-bond acceptors (Lipinski definition) is 3. The first-order valence-electron chi connectivity index (χ1n) is 9.22. The molecule has 1 aromatic rings. The van der Waals surface area contributed by atoms with Gasteiger partial charge in [-0.2, -0.15) is 0 Å². The first-order chi connectivity index (χ1) is 11.9. The quantitative estimate of drug-likeness (QED) is 0.823. The molecule has 1 aromatic carbocycles. The van der Waals surface area contributed by atoms with E-state index >= 15 is 0 Å². The van der Waals surface area contributed by atoms with Crippen LogP contribution in [0.25, 0.3) is 0 Å². The standard InChI is InChI=1S/C20H30N2O3/c1-5-25-18-8-7-17(14-16(18)4)20(24)22-10-6-9-21(11-12-22)19(23)13-15(2)3/h7-8,14-15H,5-6,9-13H2,1-4H3. The van der Waals surface area contributed by atoms with Gasteiger partial charge in [-0.3, -0.25) is 9.59 Å². The fraction of sp³-hybridized carbons (Fsp3) is 0.600. The molecular formula is C20H30N2O3. The first kappa shape index (κ1) is 19.3. The molecule has 1 aliphatic heterocycles. The lowest BCUT2D eigenvalue weighted by atomic mass is 10.1. The molecule has 0 spiro atoms. The number of rotatable bonds is 5. The van der Waals surface area contributed by atoms with Crippen LogP contribution >= 0.6 is 0 Å². The van der Waals surface area contributed by atoms with Gasteiger partial charge >= 0.3 is 0 Å². The molecule has 5 heteroatoms. The number of ether oxygens (including phenoxy) is 1. The Morgan fingerprint density at radius 1 is 1.12 bits per heavy atom. The first-order valence-corrected chi connectivity index (χ1v) is 9.22. The highest BCUT2D eigenvalue weighted by atomic mass is 16.5. The number of benzene rings is 1. The van der Waals surface area contributed by atoms with Crippen molar-refractivity contribution in [2.24, 2.45) is 5.92 Å². The summed E-state index contributed by atoms with van der Waals surface area (Å²) in [6, 6.07) is 5.58. The Morgan fingerprint density at radius 3 is 2.44 bits per heavy atom. The van der Waals surface area contributed by atoms with Crippen molar-refractivity contribution in [2.45, 2.75) is 40.5 Å². The number of carbonyl (C=O) groups is 2. The van der Waals surface area contributed by atoms with Crippen LogP contribution in [0.1, 0.15) is 49.5 Å². The molecule has 25 heavy (non-hydrogen) atoms. The van der Waals surface area contributed by atoms with E-state index in [1.54, 1.807) is 0 Å². The topological polar surface area (TPSA) is 49.9 Å². The number of aryl methyl sites for hydroxylation is 1. The van der Waals surface area contributed by atoms with Gasteiger partial charge in [0.2, 0.25) is 5.91 Å². The largest absolute Gasteiger partial charge is 0.494 e. The summed E-state index contributed by atoms with van der Waals surface area (Å²) in [5.74, 6) is 1.41. The maximum Gasteiger partial charge on any atom is 0.253 e. The van der Waals surface area contributed by atoms with E-state index in [1.807, 2.05) is 41.8 Å². The summed E-state index contributed by atoms with van der Waals surface area (Å²) in [6.07, 6.45) is 1.40. The van der Waals surface area contributed by atoms with Crippen molar-refractivity contribution in [3.05, 3.63) is 29.3 Å². The summed E-state index contributed by atoms with van der Waals surface area (Å²) in [5.41, 5.74) is 1.65. The third-order valence-corrected chi connectivity index (χ3v) is 4.44. The fourth-order valence-electron chi connectivity index (χ4n) is 3.13. The molecule has 1 saturated heterocycles. The zero-order valence-corrected chi connectivity index (χ0v) is 15.9. The summed E-state index contributed by atoms with van der Waals surface area (Å²) >= 11 is 0. The molecule has 1 heterocycles. The Morgan fingerprint density at radius 2 is 1.80 bits per heavy atom. The van der Waals surface area contributed by atoms with Gasteiger partial charge in [0.05, 0.1) is 6.61 Å². The van der Waals surface area contributed by atoms with E-state index in [0.29, 0.717) is 44.1 Å². The number of hydrogen-bond donors (Lipinski definition) is 0. The van der Waals surface area contributed by atoms with Gasteiger partial charge in [-0.1, -0.05) is 13.8 Å². The zero-order chi connectivity index (χ0) is 18.4. The van der Waals surface area contributed by atoms with Gasteiger partial charge in [0.25, 0.3) is 5.91 Å². The summed E-state index contributed by atoms with van der Waals surface area (Å²) in [5, 5.41) is 0. The van der Waals surface area contributed by atoms with Crippen LogP contribution in [-0.2, 0) is 4.79 Å². The third kappa shape index (κ3) is 5.21. The molecule has 1 aliphatic rings. The van der Waals surface area contributed by atoms with Crippen LogP contribution in [0.5, 0.6) is 5.75 Å². The second-order valence-corrected chi connectivity index (χ2v) is 7.04. The highest BCUT2D eigenvalue weighted by Crippen LogP contribution is 2.20. The molecule has 0 radical (unpaired) electrons. The van der Waals surface area contributed by atoms with Crippen molar-refractivity contribution in [3.8, 4) is 5.75 Å². The monoisotopic (exact) mass is 346 g/mol. The molecule has 0 aliphatic carbocycles. The van der Waals surface area contributed by atoms with Crippen molar-refractivity contribution < 1.29 is 14.3 Å². The molecule has 1 fully saturated rings. The summed E-state index contributed by atoms with van der Waals surface area (Å²) < 4.78 is 5.54. The van der Waals surface area contributed by atoms with E-state index in [0.717, 1.165) is 24.3 Å². The molecule has 138 valence electrons. The van der Waals surface area contributed by atoms with Crippen molar-refractivity contribution in [1.82, 2.24) is 9.80 Å². The van der Waals surface area contributed by atoms with Crippen molar-refractivity contribution >= 4 is 11.8 Å². The maximum atomic E-state index is 12.8. The van der Waals surface area contributed by atoms with E-state index in [2.05, 4.69) is 13.8 Å². The Balaban J connectivity index is 2.01. The predicted molar refractivity (Wildman–Crippen MR) is 98.9 cm³/mol. The Hall–Kier alpha value is -2.04. The lowest BCUT2D eigenvalue weighted by Crippen LogP contribution is -2.37. The molecule has 2 rings (SSSR count). The average Bonchev–Trinajstić information content (AvgIpc) is 2.81. The third-order valence-electron chi connectivity index (χ3n) is 4.44. The minimum Gasteiger partial charge on any atom is -0.494 e. The second kappa shape index (κ2) is 8.88. The Labute approximate surface area is 150 Å². The van der Waals surface area contributed by atoms with Crippen LogP contribution in [-0.4, -0.2) is 54.4 Å². The van der Waals surface area contributed by atoms with Gasteiger partial charge in [-0.15, -0.1) is 0 Å². The summed E-state index contributed by atoms with van der Waals surface area (Å²) in [7, 11) is 0. The molecule has 2 amide bonds. The van der Waals surface area contributed by atoms with E-state index in [9.17, 15) is 9.59 Å². The van der Waals surface area contributed by atoms with E-state index < -0.39 is 0 Å². The van der Waals surface area contributed by atoms with Crippen LogP contribution in [0.15, 0.2) is 18.2 Å². The summed E-state index contributed by atoms with van der Waals surface area (Å²) in [4.78, 5) is 28.8. The number of amides is 2. The molecular weight excluding hydrogens is 316 g/mol. The van der Waals surface area contributed by atoms with E-state index in [-0.39, 0.29) is 11.8 Å². The Kier molecular flexibility index (Phi) is 6.85.